The van der Waals surface area contributed by atoms with Gasteiger partial charge in [0.05, 0.1) is 13.7 Å². The number of hydrogen-bond donors (Lipinski definition) is 2. The number of methoxy groups -OCH3 is 1. The molecule has 2 amide bonds. The Morgan fingerprint density at radius 1 is 1.15 bits per heavy atom. The highest BCUT2D eigenvalue weighted by molar-refractivity contribution is 7.99. The van der Waals surface area contributed by atoms with Crippen LogP contribution in [-0.4, -0.2) is 37.8 Å². The molecule has 0 aliphatic carbocycles. The summed E-state index contributed by atoms with van der Waals surface area (Å²) in [5, 5.41) is 5.21. The molecule has 0 spiro atoms. The van der Waals surface area contributed by atoms with Crippen LogP contribution in [0.2, 0.25) is 0 Å². The third-order valence-electron chi connectivity index (χ3n) is 2.48. The highest BCUT2D eigenvalue weighted by Crippen LogP contribution is 2.21. The average Bonchev–Trinajstić information content (AvgIpc) is 2.46. The predicted octanol–water partition coefficient (Wildman–Crippen LogP) is 1.43. The number of carbonyl (C=O) groups excluding carboxylic acids is 2. The zero-order chi connectivity index (χ0) is 14.8. The van der Waals surface area contributed by atoms with Gasteiger partial charge in [-0.05, 0) is 31.2 Å². The molecule has 0 saturated heterocycles. The first-order valence-electron chi connectivity index (χ1n) is 6.46. The molecule has 0 atom stereocenters. The van der Waals surface area contributed by atoms with Crippen LogP contribution in [0, 0.1) is 0 Å². The van der Waals surface area contributed by atoms with Crippen LogP contribution in [0.1, 0.15) is 13.3 Å². The Bertz CT molecular complexity index is 435. The Labute approximate surface area is 123 Å². The standard InChI is InChI=1S/C14H20N2O3S/c1-3-15-14(18)10-16-13(17)8-9-20-12-6-4-11(19-2)5-7-12/h4-7H,3,8-10H2,1-2H3,(H,15,18)(H,16,17). The second kappa shape index (κ2) is 9.25. The van der Waals surface area contributed by atoms with E-state index in [1.807, 2.05) is 31.2 Å². The van der Waals surface area contributed by atoms with Gasteiger partial charge in [-0.15, -0.1) is 11.8 Å². The summed E-state index contributed by atoms with van der Waals surface area (Å²) in [4.78, 5) is 23.8. The highest BCUT2D eigenvalue weighted by Gasteiger charge is 2.05. The van der Waals surface area contributed by atoms with Crippen molar-refractivity contribution in [2.75, 3.05) is 26.0 Å². The van der Waals surface area contributed by atoms with Crippen LogP contribution in [0.5, 0.6) is 5.75 Å². The van der Waals surface area contributed by atoms with E-state index in [4.69, 9.17) is 4.74 Å². The number of nitrogens with one attached hydrogen (secondary N) is 2. The van der Waals surface area contributed by atoms with E-state index in [-0.39, 0.29) is 18.4 Å². The Balaban J connectivity index is 2.19. The van der Waals surface area contributed by atoms with Gasteiger partial charge in [-0.2, -0.15) is 0 Å². The maximum Gasteiger partial charge on any atom is 0.239 e. The fourth-order valence-electron chi connectivity index (χ4n) is 1.46. The maximum absolute atomic E-state index is 11.5. The van der Waals surface area contributed by atoms with Crippen LogP contribution in [0.3, 0.4) is 0 Å². The number of ether oxygens (including phenoxy) is 1. The van der Waals surface area contributed by atoms with E-state index < -0.39 is 0 Å². The Hall–Kier alpha value is -1.69. The number of hydrogen-bond acceptors (Lipinski definition) is 4. The van der Waals surface area contributed by atoms with Gasteiger partial charge in [0.25, 0.3) is 0 Å². The average molecular weight is 296 g/mol. The van der Waals surface area contributed by atoms with Crippen LogP contribution < -0.4 is 15.4 Å². The summed E-state index contributed by atoms with van der Waals surface area (Å²) in [5.74, 6) is 1.21. The fraction of sp³-hybridized carbons (Fsp3) is 0.429. The first-order chi connectivity index (χ1) is 9.65. The van der Waals surface area contributed by atoms with E-state index in [1.54, 1.807) is 18.9 Å². The summed E-state index contributed by atoms with van der Waals surface area (Å²) in [6.07, 6.45) is 0.385. The van der Waals surface area contributed by atoms with Gasteiger partial charge in [-0.25, -0.2) is 0 Å². The molecule has 0 aliphatic heterocycles. The molecular formula is C14H20N2O3S. The van der Waals surface area contributed by atoms with Crippen molar-refractivity contribution >= 4 is 23.6 Å². The van der Waals surface area contributed by atoms with E-state index in [9.17, 15) is 9.59 Å². The molecular weight excluding hydrogens is 276 g/mol. The van der Waals surface area contributed by atoms with Crippen molar-refractivity contribution in [3.05, 3.63) is 24.3 Å². The van der Waals surface area contributed by atoms with E-state index >= 15 is 0 Å². The molecule has 0 aliphatic rings. The van der Waals surface area contributed by atoms with Gasteiger partial charge >= 0.3 is 0 Å². The number of amides is 2. The Kier molecular flexibility index (Phi) is 7.57. The number of likely N-dealkylation sites (N-methyl/N-ethyl adjacent to an activating group) is 1. The van der Waals surface area contributed by atoms with E-state index in [0.717, 1.165) is 10.6 Å². The third kappa shape index (κ3) is 6.47. The number of rotatable bonds is 8. The summed E-state index contributed by atoms with van der Waals surface area (Å²) >= 11 is 1.60. The van der Waals surface area contributed by atoms with Gasteiger partial charge in [-0.3, -0.25) is 9.59 Å². The lowest BCUT2D eigenvalue weighted by atomic mass is 10.3. The minimum atomic E-state index is -0.163. The topological polar surface area (TPSA) is 67.4 Å². The van der Waals surface area contributed by atoms with Crippen LogP contribution in [0.4, 0.5) is 0 Å². The molecule has 6 heteroatoms. The molecule has 0 aromatic heterocycles. The minimum absolute atomic E-state index is 0.0415. The van der Waals surface area contributed by atoms with E-state index in [1.165, 1.54) is 0 Å². The summed E-state index contributed by atoms with van der Waals surface area (Å²) < 4.78 is 5.07. The maximum atomic E-state index is 11.5. The monoisotopic (exact) mass is 296 g/mol. The molecule has 0 fully saturated rings. The van der Waals surface area contributed by atoms with Crippen molar-refractivity contribution in [3.63, 3.8) is 0 Å². The summed E-state index contributed by atoms with van der Waals surface area (Å²) in [7, 11) is 1.63. The van der Waals surface area contributed by atoms with Gasteiger partial charge in [0.2, 0.25) is 11.8 Å². The van der Waals surface area contributed by atoms with Crippen molar-refractivity contribution in [3.8, 4) is 5.75 Å². The lowest BCUT2D eigenvalue weighted by Crippen LogP contribution is -2.36. The lowest BCUT2D eigenvalue weighted by Gasteiger charge is -2.06. The van der Waals surface area contributed by atoms with Crippen molar-refractivity contribution < 1.29 is 14.3 Å². The fourth-order valence-corrected chi connectivity index (χ4v) is 2.31. The molecule has 0 saturated carbocycles. The number of thioether (sulfide) groups is 1. The summed E-state index contributed by atoms with van der Waals surface area (Å²) in [5.41, 5.74) is 0. The quantitative estimate of drug-likeness (QED) is 0.712. The van der Waals surface area contributed by atoms with Crippen molar-refractivity contribution in [2.45, 2.75) is 18.2 Å². The highest BCUT2D eigenvalue weighted by atomic mass is 32.2. The van der Waals surface area contributed by atoms with Crippen LogP contribution >= 0.6 is 11.8 Å². The van der Waals surface area contributed by atoms with Gasteiger partial charge in [0, 0.05) is 23.6 Å². The van der Waals surface area contributed by atoms with Crippen LogP contribution in [-0.2, 0) is 9.59 Å². The molecule has 0 heterocycles. The predicted molar refractivity (Wildman–Crippen MR) is 80.0 cm³/mol. The molecule has 110 valence electrons. The van der Waals surface area contributed by atoms with Crippen LogP contribution in [0.15, 0.2) is 29.2 Å². The molecule has 0 radical (unpaired) electrons. The Morgan fingerprint density at radius 3 is 2.45 bits per heavy atom. The zero-order valence-corrected chi connectivity index (χ0v) is 12.6. The molecule has 1 aromatic rings. The normalized spacial score (nSPS) is 9.90. The third-order valence-corrected chi connectivity index (χ3v) is 3.49. The second-order valence-electron chi connectivity index (χ2n) is 4.00. The van der Waals surface area contributed by atoms with Crippen molar-refractivity contribution in [1.82, 2.24) is 10.6 Å². The second-order valence-corrected chi connectivity index (χ2v) is 5.17. The molecule has 1 rings (SSSR count). The lowest BCUT2D eigenvalue weighted by molar-refractivity contribution is -0.125. The first kappa shape index (κ1) is 16.4. The van der Waals surface area contributed by atoms with Crippen molar-refractivity contribution in [1.29, 1.82) is 0 Å². The molecule has 20 heavy (non-hydrogen) atoms. The molecule has 1 aromatic carbocycles. The van der Waals surface area contributed by atoms with Gasteiger partial charge < -0.3 is 15.4 Å². The van der Waals surface area contributed by atoms with Gasteiger partial charge in [0.1, 0.15) is 5.75 Å². The van der Waals surface area contributed by atoms with E-state index in [2.05, 4.69) is 10.6 Å². The minimum Gasteiger partial charge on any atom is -0.497 e. The number of carbonyl (C=O) groups is 2. The molecule has 5 nitrogen and oxygen atoms in total. The van der Waals surface area contributed by atoms with E-state index in [0.29, 0.717) is 18.7 Å². The van der Waals surface area contributed by atoms with Crippen molar-refractivity contribution in [2.24, 2.45) is 0 Å². The molecule has 0 bridgehead atoms. The SMILES string of the molecule is CCNC(=O)CNC(=O)CCSc1ccc(OC)cc1. The first-order valence-corrected chi connectivity index (χ1v) is 7.44. The number of benzene rings is 1. The largest absolute Gasteiger partial charge is 0.497 e. The zero-order valence-electron chi connectivity index (χ0n) is 11.8. The summed E-state index contributed by atoms with van der Waals surface area (Å²) in [6, 6.07) is 7.68. The molecule has 2 N–H and O–H groups in total. The smallest absolute Gasteiger partial charge is 0.239 e. The Morgan fingerprint density at radius 2 is 1.85 bits per heavy atom. The summed E-state index contributed by atoms with van der Waals surface area (Å²) in [6.45, 7) is 2.45. The van der Waals surface area contributed by atoms with Gasteiger partial charge in [0.15, 0.2) is 0 Å². The molecule has 0 unspecified atom stereocenters. The van der Waals surface area contributed by atoms with Crippen LogP contribution in [0.25, 0.3) is 0 Å². The van der Waals surface area contributed by atoms with Gasteiger partial charge in [-0.1, -0.05) is 0 Å².